The summed E-state index contributed by atoms with van der Waals surface area (Å²) in [4.78, 5) is 12.6. The van der Waals surface area contributed by atoms with Crippen LogP contribution >= 0.6 is 34.8 Å². The third-order valence-electron chi connectivity index (χ3n) is 5.92. The molecule has 0 saturated heterocycles. The van der Waals surface area contributed by atoms with Crippen molar-refractivity contribution in [3.8, 4) is 5.75 Å². The topological polar surface area (TPSA) is 38.3 Å². The van der Waals surface area contributed by atoms with E-state index in [1.807, 2.05) is 24.3 Å². The van der Waals surface area contributed by atoms with Gasteiger partial charge in [-0.15, -0.1) is 0 Å². The summed E-state index contributed by atoms with van der Waals surface area (Å²) in [6, 6.07) is 18.6. The van der Waals surface area contributed by atoms with Crippen LogP contribution in [0.25, 0.3) is 0 Å². The molecule has 0 fully saturated rings. The smallest absolute Gasteiger partial charge is 0.345 e. The molecule has 5 rings (SSSR count). The summed E-state index contributed by atoms with van der Waals surface area (Å²) >= 11 is 18.1. The van der Waals surface area contributed by atoms with Gasteiger partial charge in [0.25, 0.3) is 0 Å². The number of carbonyl (C=O) groups is 1. The molecular formula is C25H18Cl3NO2. The van der Waals surface area contributed by atoms with Crippen molar-refractivity contribution in [3.05, 3.63) is 105 Å². The molecule has 0 saturated carbocycles. The molecule has 3 unspecified atom stereocenters. The first-order valence-electron chi connectivity index (χ1n) is 9.99. The summed E-state index contributed by atoms with van der Waals surface area (Å²) in [7, 11) is 0. The van der Waals surface area contributed by atoms with Crippen LogP contribution in [0.4, 0.5) is 5.69 Å². The minimum Gasteiger partial charge on any atom is -0.423 e. The third-order valence-corrected chi connectivity index (χ3v) is 6.72. The van der Waals surface area contributed by atoms with Crippen LogP contribution in [0, 0.1) is 5.92 Å². The highest BCUT2D eigenvalue weighted by Crippen LogP contribution is 2.50. The van der Waals surface area contributed by atoms with Gasteiger partial charge in [-0.3, -0.25) is 0 Å². The van der Waals surface area contributed by atoms with E-state index in [2.05, 4.69) is 29.6 Å². The molecule has 0 bridgehead atoms. The van der Waals surface area contributed by atoms with E-state index in [-0.39, 0.29) is 22.5 Å². The first-order valence-corrected chi connectivity index (χ1v) is 11.1. The van der Waals surface area contributed by atoms with Crippen molar-refractivity contribution in [2.45, 2.75) is 18.4 Å². The number of benzene rings is 3. The van der Waals surface area contributed by atoms with E-state index in [4.69, 9.17) is 39.5 Å². The third kappa shape index (κ3) is 3.94. The number of nitrogens with one attached hydrogen (secondary N) is 1. The second-order valence-corrected chi connectivity index (χ2v) is 9.07. The fraction of sp³-hybridized carbons (Fsp3) is 0.160. The van der Waals surface area contributed by atoms with Crippen molar-refractivity contribution in [3.63, 3.8) is 0 Å². The molecule has 1 N–H and O–H groups in total. The Kier molecular flexibility index (Phi) is 5.43. The quantitative estimate of drug-likeness (QED) is 0.242. The van der Waals surface area contributed by atoms with Crippen molar-refractivity contribution in [2.75, 3.05) is 5.32 Å². The van der Waals surface area contributed by atoms with Gasteiger partial charge in [0.05, 0.1) is 16.6 Å². The van der Waals surface area contributed by atoms with Gasteiger partial charge in [-0.2, -0.15) is 0 Å². The molecule has 0 aromatic heterocycles. The molecule has 0 spiro atoms. The second-order valence-electron chi connectivity index (χ2n) is 7.79. The highest BCUT2D eigenvalue weighted by atomic mass is 35.5. The van der Waals surface area contributed by atoms with E-state index < -0.39 is 5.97 Å². The van der Waals surface area contributed by atoms with Crippen LogP contribution in [-0.2, 0) is 0 Å². The van der Waals surface area contributed by atoms with Gasteiger partial charge < -0.3 is 10.1 Å². The normalized spacial score (nSPS) is 21.2. The van der Waals surface area contributed by atoms with Gasteiger partial charge in [-0.1, -0.05) is 59.1 Å². The van der Waals surface area contributed by atoms with Crippen LogP contribution in [-0.4, -0.2) is 5.97 Å². The van der Waals surface area contributed by atoms with Gasteiger partial charge in [0.2, 0.25) is 0 Å². The Labute approximate surface area is 195 Å². The van der Waals surface area contributed by atoms with Gasteiger partial charge in [0.15, 0.2) is 0 Å². The van der Waals surface area contributed by atoms with E-state index in [1.165, 1.54) is 11.6 Å². The van der Waals surface area contributed by atoms with Gasteiger partial charge >= 0.3 is 5.97 Å². The van der Waals surface area contributed by atoms with Crippen molar-refractivity contribution in [2.24, 2.45) is 5.92 Å². The van der Waals surface area contributed by atoms with Crippen LogP contribution < -0.4 is 10.1 Å². The molecule has 6 heteroatoms. The number of carbonyl (C=O) groups excluding carboxylic acids is 1. The van der Waals surface area contributed by atoms with Crippen molar-refractivity contribution in [1.82, 2.24) is 0 Å². The summed E-state index contributed by atoms with van der Waals surface area (Å²) in [6.45, 7) is 0. The molecule has 1 aliphatic carbocycles. The average Bonchev–Trinajstić information content (AvgIpc) is 3.24. The number of fused-ring (bicyclic) bond motifs is 3. The number of allylic oxidation sites excluding steroid dienone is 2. The SMILES string of the molecule is O=C(Oc1ccc2c(c1)C1C=CCC1C(c1ccc(Cl)cc1)N2)c1ccc(Cl)cc1Cl. The number of rotatable bonds is 3. The number of halogens is 3. The summed E-state index contributed by atoms with van der Waals surface area (Å²) in [5, 5.41) is 5.14. The lowest BCUT2D eigenvalue weighted by atomic mass is 9.77. The highest BCUT2D eigenvalue weighted by Gasteiger charge is 2.38. The van der Waals surface area contributed by atoms with Crippen molar-refractivity contribution < 1.29 is 9.53 Å². The molecule has 3 nitrogen and oxygen atoms in total. The number of anilines is 1. The lowest BCUT2D eigenvalue weighted by Gasteiger charge is -2.37. The van der Waals surface area contributed by atoms with Gasteiger partial charge in [-0.25, -0.2) is 4.79 Å². The molecule has 3 aromatic carbocycles. The maximum atomic E-state index is 12.6. The molecule has 31 heavy (non-hydrogen) atoms. The summed E-state index contributed by atoms with van der Waals surface area (Å²) in [5.41, 5.74) is 3.65. The fourth-order valence-electron chi connectivity index (χ4n) is 4.45. The first-order chi connectivity index (χ1) is 15.0. The van der Waals surface area contributed by atoms with Crippen LogP contribution in [0.5, 0.6) is 5.75 Å². The lowest BCUT2D eigenvalue weighted by molar-refractivity contribution is 0.0735. The summed E-state index contributed by atoms with van der Waals surface area (Å²) < 4.78 is 5.63. The number of esters is 1. The monoisotopic (exact) mass is 469 g/mol. The van der Waals surface area contributed by atoms with Crippen LogP contribution in [0.3, 0.4) is 0 Å². The Morgan fingerprint density at radius 1 is 0.935 bits per heavy atom. The van der Waals surface area contributed by atoms with E-state index in [1.54, 1.807) is 18.2 Å². The standard InChI is InChI=1S/C25H18Cl3NO2/c26-15-6-4-14(5-7-15)24-19-3-1-2-18(19)21-13-17(9-11-23(21)29-24)31-25(30)20-10-8-16(27)12-22(20)28/h1-2,4-13,18-19,24,29H,3H2. The molecule has 0 radical (unpaired) electrons. The molecule has 156 valence electrons. The zero-order valence-electron chi connectivity index (χ0n) is 16.3. The minimum atomic E-state index is -0.511. The number of hydrogen-bond donors (Lipinski definition) is 1. The maximum absolute atomic E-state index is 12.6. The van der Waals surface area contributed by atoms with Crippen LogP contribution in [0.1, 0.15) is 39.9 Å². The molecular weight excluding hydrogens is 453 g/mol. The van der Waals surface area contributed by atoms with Gasteiger partial charge in [0, 0.05) is 21.7 Å². The average molecular weight is 471 g/mol. The lowest BCUT2D eigenvalue weighted by Crippen LogP contribution is -2.29. The zero-order chi connectivity index (χ0) is 21.5. The van der Waals surface area contributed by atoms with Gasteiger partial charge in [-0.05, 0) is 72.0 Å². The van der Waals surface area contributed by atoms with E-state index >= 15 is 0 Å². The molecule has 1 aliphatic heterocycles. The fourth-order valence-corrected chi connectivity index (χ4v) is 5.06. The zero-order valence-corrected chi connectivity index (χ0v) is 18.6. The van der Waals surface area contributed by atoms with Gasteiger partial charge in [0.1, 0.15) is 5.75 Å². The number of hydrogen-bond acceptors (Lipinski definition) is 3. The minimum absolute atomic E-state index is 0.186. The highest BCUT2D eigenvalue weighted by molar-refractivity contribution is 6.36. The molecule has 2 aliphatic rings. The Balaban J connectivity index is 1.43. The predicted molar refractivity (Wildman–Crippen MR) is 126 cm³/mol. The number of ether oxygens (including phenoxy) is 1. The summed E-state index contributed by atoms with van der Waals surface area (Å²) in [6.07, 6.45) is 5.45. The van der Waals surface area contributed by atoms with E-state index in [0.717, 1.165) is 22.7 Å². The molecule has 1 heterocycles. The molecule has 3 aromatic rings. The molecule has 0 amide bonds. The van der Waals surface area contributed by atoms with E-state index in [0.29, 0.717) is 16.7 Å². The maximum Gasteiger partial charge on any atom is 0.345 e. The Morgan fingerprint density at radius 2 is 1.71 bits per heavy atom. The van der Waals surface area contributed by atoms with Crippen molar-refractivity contribution in [1.29, 1.82) is 0 Å². The molecule has 3 atom stereocenters. The van der Waals surface area contributed by atoms with Crippen LogP contribution in [0.15, 0.2) is 72.8 Å². The van der Waals surface area contributed by atoms with Crippen LogP contribution in [0.2, 0.25) is 15.1 Å². The first kappa shape index (κ1) is 20.4. The Morgan fingerprint density at radius 3 is 2.48 bits per heavy atom. The predicted octanol–water partition coefficient (Wildman–Crippen LogP) is 7.69. The largest absolute Gasteiger partial charge is 0.423 e. The van der Waals surface area contributed by atoms with E-state index in [9.17, 15) is 4.79 Å². The second kappa shape index (κ2) is 8.23. The van der Waals surface area contributed by atoms with Crippen molar-refractivity contribution >= 4 is 46.5 Å². The Bertz CT molecular complexity index is 1190. The summed E-state index contributed by atoms with van der Waals surface area (Å²) in [5.74, 6) is 0.600. The Hall–Kier alpha value is -2.46.